The van der Waals surface area contributed by atoms with Crippen molar-refractivity contribution in [1.29, 1.82) is 0 Å². The maximum Gasteiger partial charge on any atom is 0.472 e. The standard InChI is InChI=1S/C47H78NO7P/c1-3-5-7-9-11-13-15-17-19-21-22-23-24-25-26-28-30-32-34-36-38-40-47(49)55-46(45-54-56(50,51)53-43-41-48)44-52-42-39-37-35-33-31-29-27-20-18-16-14-12-10-8-6-4-2/h5-8,11-14,17-20,22-23,25-26,30,32,46H,3-4,9-10,15-16,21,24,27-29,31,33-45,48H2,1-2H3,(H,50,51)/b7-5-,8-6-,13-11-,14-12-,19-17-,20-18-,23-22-,26-25-,32-30-. The van der Waals surface area contributed by atoms with E-state index in [0.29, 0.717) is 13.0 Å². The van der Waals surface area contributed by atoms with Crippen molar-refractivity contribution in [2.75, 3.05) is 33.0 Å². The number of carbonyl (C=O) groups excluding carboxylic acids is 1. The average Bonchev–Trinajstić information content (AvgIpc) is 3.19. The predicted molar refractivity (Wildman–Crippen MR) is 237 cm³/mol. The summed E-state index contributed by atoms with van der Waals surface area (Å²) in [6.45, 7) is 4.56. The van der Waals surface area contributed by atoms with Crippen LogP contribution in [0.1, 0.15) is 142 Å². The molecule has 0 saturated carbocycles. The van der Waals surface area contributed by atoms with Crippen LogP contribution in [0.25, 0.3) is 0 Å². The number of phosphoric acid groups is 1. The van der Waals surface area contributed by atoms with Crippen LogP contribution in [-0.2, 0) is 27.9 Å². The van der Waals surface area contributed by atoms with Crippen molar-refractivity contribution in [2.45, 2.75) is 148 Å². The van der Waals surface area contributed by atoms with Gasteiger partial charge in [-0.2, -0.15) is 0 Å². The van der Waals surface area contributed by atoms with Crippen LogP contribution in [-0.4, -0.2) is 49.9 Å². The van der Waals surface area contributed by atoms with E-state index in [1.165, 1.54) is 19.3 Å². The van der Waals surface area contributed by atoms with Crippen molar-refractivity contribution in [3.63, 3.8) is 0 Å². The van der Waals surface area contributed by atoms with E-state index in [2.05, 4.69) is 123 Å². The first-order valence-corrected chi connectivity index (χ1v) is 22.9. The Bertz CT molecular complexity index is 1210. The van der Waals surface area contributed by atoms with Crippen LogP contribution >= 0.6 is 7.82 Å². The number of hydrogen-bond donors (Lipinski definition) is 2. The maximum atomic E-state index is 12.6. The minimum Gasteiger partial charge on any atom is -0.457 e. The minimum absolute atomic E-state index is 0.0815. The van der Waals surface area contributed by atoms with Gasteiger partial charge in [-0.3, -0.25) is 13.8 Å². The zero-order valence-electron chi connectivity index (χ0n) is 35.1. The van der Waals surface area contributed by atoms with Crippen LogP contribution in [0.2, 0.25) is 0 Å². The van der Waals surface area contributed by atoms with Crippen molar-refractivity contribution in [3.05, 3.63) is 109 Å². The normalized spacial score (nSPS) is 14.6. The van der Waals surface area contributed by atoms with Gasteiger partial charge in [-0.05, 0) is 96.3 Å². The van der Waals surface area contributed by atoms with E-state index >= 15 is 0 Å². The lowest BCUT2D eigenvalue weighted by Gasteiger charge is -2.20. The Morgan fingerprint density at radius 3 is 1.41 bits per heavy atom. The Hall–Kier alpha value is -2.84. The largest absolute Gasteiger partial charge is 0.472 e. The first-order valence-electron chi connectivity index (χ1n) is 21.4. The highest BCUT2D eigenvalue weighted by Gasteiger charge is 2.25. The van der Waals surface area contributed by atoms with E-state index in [9.17, 15) is 14.3 Å². The molecule has 0 aromatic heterocycles. The van der Waals surface area contributed by atoms with Gasteiger partial charge in [0.05, 0.1) is 19.8 Å². The molecule has 56 heavy (non-hydrogen) atoms. The van der Waals surface area contributed by atoms with Gasteiger partial charge in [0.15, 0.2) is 0 Å². The molecular weight excluding hydrogens is 721 g/mol. The number of rotatable bonds is 39. The lowest BCUT2D eigenvalue weighted by molar-refractivity contribution is -0.154. The van der Waals surface area contributed by atoms with Gasteiger partial charge in [0.1, 0.15) is 6.10 Å². The molecular formula is C47H78NO7P. The lowest BCUT2D eigenvalue weighted by atomic mass is 10.1. The van der Waals surface area contributed by atoms with Crippen LogP contribution in [0, 0.1) is 0 Å². The Morgan fingerprint density at radius 1 is 0.536 bits per heavy atom. The van der Waals surface area contributed by atoms with Crippen LogP contribution in [0.5, 0.6) is 0 Å². The van der Waals surface area contributed by atoms with Crippen molar-refractivity contribution in [1.82, 2.24) is 0 Å². The topological polar surface area (TPSA) is 117 Å². The van der Waals surface area contributed by atoms with Gasteiger partial charge in [-0.1, -0.05) is 149 Å². The number of allylic oxidation sites excluding steroid dienone is 18. The van der Waals surface area contributed by atoms with E-state index in [1.807, 2.05) is 0 Å². The molecule has 9 heteroatoms. The number of ether oxygens (including phenoxy) is 2. The lowest BCUT2D eigenvalue weighted by Crippen LogP contribution is -2.28. The van der Waals surface area contributed by atoms with Gasteiger partial charge < -0.3 is 20.1 Å². The number of nitrogens with two attached hydrogens (primary N) is 1. The number of esters is 1. The predicted octanol–water partition coefficient (Wildman–Crippen LogP) is 12.9. The first kappa shape index (κ1) is 53.2. The summed E-state index contributed by atoms with van der Waals surface area (Å²) in [4.78, 5) is 22.5. The minimum atomic E-state index is -4.30. The Labute approximate surface area is 342 Å². The molecule has 0 fully saturated rings. The number of phosphoric ester groups is 1. The molecule has 2 unspecified atom stereocenters. The van der Waals surface area contributed by atoms with E-state index in [-0.39, 0.29) is 38.8 Å². The van der Waals surface area contributed by atoms with Gasteiger partial charge in [0.2, 0.25) is 0 Å². The zero-order chi connectivity index (χ0) is 40.9. The summed E-state index contributed by atoms with van der Waals surface area (Å²) >= 11 is 0. The molecule has 0 aliphatic heterocycles. The summed E-state index contributed by atoms with van der Waals surface area (Å²) in [5, 5.41) is 0. The second-order valence-corrected chi connectivity index (χ2v) is 14.9. The fourth-order valence-corrected chi connectivity index (χ4v) is 5.89. The van der Waals surface area contributed by atoms with Crippen molar-refractivity contribution in [2.24, 2.45) is 5.73 Å². The molecule has 0 saturated heterocycles. The quantitative estimate of drug-likeness (QED) is 0.0273. The summed E-state index contributed by atoms with van der Waals surface area (Å²) in [6, 6.07) is 0. The second-order valence-electron chi connectivity index (χ2n) is 13.4. The van der Waals surface area contributed by atoms with E-state index in [4.69, 9.17) is 24.3 Å². The van der Waals surface area contributed by atoms with Crippen molar-refractivity contribution >= 4 is 13.8 Å². The van der Waals surface area contributed by atoms with E-state index in [0.717, 1.165) is 96.3 Å². The highest BCUT2D eigenvalue weighted by molar-refractivity contribution is 7.47. The number of unbranched alkanes of at least 4 members (excludes halogenated alkanes) is 8. The van der Waals surface area contributed by atoms with E-state index < -0.39 is 13.9 Å². The van der Waals surface area contributed by atoms with Crippen molar-refractivity contribution < 1.29 is 32.8 Å². The molecule has 0 aliphatic carbocycles. The van der Waals surface area contributed by atoms with Gasteiger partial charge >= 0.3 is 13.8 Å². The third-order valence-corrected chi connectivity index (χ3v) is 9.17. The van der Waals surface area contributed by atoms with Crippen molar-refractivity contribution in [3.8, 4) is 0 Å². The SMILES string of the molecule is CC/C=C\C/C=C\C/C=C\C/C=C\C/C=C\C/C=C\CCCCC(=O)OC(COCCCCCCCC/C=C\C/C=C\C/C=C\CC)COP(=O)(O)OCCN. The highest BCUT2D eigenvalue weighted by atomic mass is 31.2. The molecule has 0 aliphatic rings. The van der Waals surface area contributed by atoms with Gasteiger partial charge in [0, 0.05) is 19.6 Å². The summed E-state index contributed by atoms with van der Waals surface area (Å²) in [7, 11) is -4.30. The van der Waals surface area contributed by atoms with Crippen LogP contribution in [0.15, 0.2) is 109 Å². The Balaban J connectivity index is 4.19. The van der Waals surface area contributed by atoms with Gasteiger partial charge in [-0.15, -0.1) is 0 Å². The Kier molecular flexibility index (Phi) is 41.1. The van der Waals surface area contributed by atoms with E-state index in [1.54, 1.807) is 0 Å². The molecule has 0 aromatic rings. The molecule has 0 amide bonds. The highest BCUT2D eigenvalue weighted by Crippen LogP contribution is 2.43. The summed E-state index contributed by atoms with van der Waals surface area (Å²) < 4.78 is 33.4. The first-order chi connectivity index (χ1) is 27.4. The summed E-state index contributed by atoms with van der Waals surface area (Å²) in [6.07, 6.45) is 58.2. The fraction of sp³-hybridized carbons (Fsp3) is 0.596. The maximum absolute atomic E-state index is 12.6. The fourth-order valence-electron chi connectivity index (χ4n) is 5.13. The third kappa shape index (κ3) is 42.3. The monoisotopic (exact) mass is 800 g/mol. The Morgan fingerprint density at radius 2 is 0.946 bits per heavy atom. The molecule has 318 valence electrons. The summed E-state index contributed by atoms with van der Waals surface area (Å²) in [5.74, 6) is -0.383. The zero-order valence-corrected chi connectivity index (χ0v) is 36.0. The van der Waals surface area contributed by atoms with Gasteiger partial charge in [-0.25, -0.2) is 4.57 Å². The molecule has 8 nitrogen and oxygen atoms in total. The molecule has 0 aromatic carbocycles. The second kappa shape index (κ2) is 43.3. The number of carbonyl (C=O) groups is 1. The average molecular weight is 800 g/mol. The molecule has 0 spiro atoms. The molecule has 0 radical (unpaired) electrons. The molecule has 0 heterocycles. The van der Waals surface area contributed by atoms with Crippen LogP contribution in [0.4, 0.5) is 0 Å². The number of hydrogen-bond acceptors (Lipinski definition) is 7. The molecule has 0 bridgehead atoms. The van der Waals surface area contributed by atoms with Crippen LogP contribution in [0.3, 0.4) is 0 Å². The smallest absolute Gasteiger partial charge is 0.457 e. The van der Waals surface area contributed by atoms with Gasteiger partial charge in [0.25, 0.3) is 0 Å². The molecule has 0 rings (SSSR count). The molecule has 3 N–H and O–H groups in total. The summed E-state index contributed by atoms with van der Waals surface area (Å²) in [5.41, 5.74) is 5.36. The third-order valence-electron chi connectivity index (χ3n) is 8.19. The molecule has 2 atom stereocenters. The van der Waals surface area contributed by atoms with Crippen LogP contribution < -0.4 is 5.73 Å².